The van der Waals surface area contributed by atoms with Crippen LogP contribution in [0.1, 0.15) is 40.9 Å². The number of carboxylic acid groups (broad SMARTS) is 2. The van der Waals surface area contributed by atoms with Crippen molar-refractivity contribution in [1.29, 1.82) is 0 Å². The van der Waals surface area contributed by atoms with Crippen LogP contribution in [-0.4, -0.2) is 37.5 Å². The van der Waals surface area contributed by atoms with Crippen LogP contribution in [0.2, 0.25) is 0 Å². The number of carboxylic acids is 2. The van der Waals surface area contributed by atoms with E-state index in [0.29, 0.717) is 11.1 Å². The van der Waals surface area contributed by atoms with Crippen molar-refractivity contribution in [3.63, 3.8) is 0 Å². The number of rotatable bonds is 2. The average Bonchev–Trinajstić information content (AvgIpc) is 2.23. The van der Waals surface area contributed by atoms with Crippen LogP contribution in [0.25, 0.3) is 0 Å². The van der Waals surface area contributed by atoms with Crippen molar-refractivity contribution in [3.05, 3.63) is 34.4 Å². The first-order valence-electron chi connectivity index (χ1n) is 6.27. The Morgan fingerprint density at radius 3 is 1.35 bits per heavy atom. The standard InChI is InChI=1S/C10H13O4P.2C2H4O2/c1-6-4-7(2)9(8(3)5-6)10(11)15(12,13)14;2*1-2(3)4/h4-5H,1-3H3,(H2,12,13,14);2*1H3,(H,3,4). The van der Waals surface area contributed by atoms with Crippen LogP contribution in [0.3, 0.4) is 0 Å². The Balaban J connectivity index is 0. The van der Waals surface area contributed by atoms with Crippen molar-refractivity contribution in [2.75, 3.05) is 0 Å². The molecule has 0 aliphatic rings. The third-order valence-corrected chi connectivity index (χ3v) is 2.91. The Morgan fingerprint density at radius 2 is 1.13 bits per heavy atom. The van der Waals surface area contributed by atoms with Crippen molar-refractivity contribution in [2.24, 2.45) is 0 Å². The zero-order valence-electron chi connectivity index (χ0n) is 13.5. The van der Waals surface area contributed by atoms with Crippen molar-refractivity contribution in [1.82, 2.24) is 0 Å². The lowest BCUT2D eigenvalue weighted by Gasteiger charge is -2.10. The zero-order valence-corrected chi connectivity index (χ0v) is 14.4. The van der Waals surface area contributed by atoms with E-state index in [1.807, 2.05) is 6.92 Å². The third kappa shape index (κ3) is 11.2. The summed E-state index contributed by atoms with van der Waals surface area (Å²) in [5, 5.41) is 14.8. The van der Waals surface area contributed by atoms with Crippen LogP contribution in [0.4, 0.5) is 0 Å². The van der Waals surface area contributed by atoms with E-state index < -0.39 is 25.1 Å². The summed E-state index contributed by atoms with van der Waals surface area (Å²) < 4.78 is 10.9. The Labute approximate surface area is 133 Å². The Kier molecular flexibility index (Phi) is 9.99. The van der Waals surface area contributed by atoms with E-state index in [9.17, 15) is 9.36 Å². The van der Waals surface area contributed by atoms with Crippen LogP contribution in [0, 0.1) is 20.8 Å². The van der Waals surface area contributed by atoms with Gasteiger partial charge in [0, 0.05) is 19.4 Å². The molecule has 0 fully saturated rings. The maximum atomic E-state index is 11.5. The first-order valence-corrected chi connectivity index (χ1v) is 7.88. The molecule has 23 heavy (non-hydrogen) atoms. The average molecular weight is 348 g/mol. The van der Waals surface area contributed by atoms with Gasteiger partial charge in [-0.2, -0.15) is 0 Å². The molecule has 0 bridgehead atoms. The van der Waals surface area contributed by atoms with E-state index in [-0.39, 0.29) is 5.56 Å². The number of hydrogen-bond donors (Lipinski definition) is 4. The molecule has 0 radical (unpaired) electrons. The molecule has 0 saturated carbocycles. The summed E-state index contributed by atoms with van der Waals surface area (Å²) >= 11 is 0. The Hall–Kier alpha value is -2.02. The van der Waals surface area contributed by atoms with Crippen molar-refractivity contribution in [2.45, 2.75) is 34.6 Å². The van der Waals surface area contributed by atoms with Crippen LogP contribution in [0.5, 0.6) is 0 Å². The van der Waals surface area contributed by atoms with Gasteiger partial charge in [-0.25, -0.2) is 0 Å². The van der Waals surface area contributed by atoms with Gasteiger partial charge in [-0.1, -0.05) is 17.7 Å². The lowest BCUT2D eigenvalue weighted by molar-refractivity contribution is -0.135. The van der Waals surface area contributed by atoms with Gasteiger partial charge in [-0.05, 0) is 31.9 Å². The molecule has 9 heteroatoms. The number of aryl methyl sites for hydroxylation is 3. The van der Waals surface area contributed by atoms with E-state index in [2.05, 4.69) is 0 Å². The molecular weight excluding hydrogens is 327 g/mol. The molecule has 0 saturated heterocycles. The van der Waals surface area contributed by atoms with Gasteiger partial charge in [0.05, 0.1) is 0 Å². The Bertz CT molecular complexity index is 587. The summed E-state index contributed by atoms with van der Waals surface area (Å²) in [5.74, 6) is -1.67. The summed E-state index contributed by atoms with van der Waals surface area (Å²) in [5.41, 5.74) is 1.19. The fourth-order valence-electron chi connectivity index (χ4n) is 1.66. The van der Waals surface area contributed by atoms with Gasteiger partial charge < -0.3 is 20.0 Å². The molecule has 0 spiro atoms. The van der Waals surface area contributed by atoms with Crippen LogP contribution in [0.15, 0.2) is 12.1 Å². The SMILES string of the molecule is CC(=O)O.CC(=O)O.Cc1cc(C)c(C(=O)P(=O)(O)O)c(C)c1. The molecule has 130 valence electrons. The minimum atomic E-state index is -4.69. The minimum absolute atomic E-state index is 0.133. The summed E-state index contributed by atoms with van der Waals surface area (Å²) in [4.78, 5) is 47.1. The highest BCUT2D eigenvalue weighted by Gasteiger charge is 2.29. The third-order valence-electron chi connectivity index (χ3n) is 2.16. The molecule has 0 heterocycles. The molecule has 0 atom stereocenters. The maximum Gasteiger partial charge on any atom is 0.396 e. The maximum absolute atomic E-state index is 11.5. The van der Waals surface area contributed by atoms with Crippen molar-refractivity contribution in [3.8, 4) is 0 Å². The largest absolute Gasteiger partial charge is 0.481 e. The highest BCUT2D eigenvalue weighted by Crippen LogP contribution is 2.40. The zero-order chi connectivity index (χ0) is 19.0. The molecule has 0 aliphatic heterocycles. The van der Waals surface area contributed by atoms with Gasteiger partial charge in [0.2, 0.25) is 0 Å². The number of carbonyl (C=O) groups is 3. The monoisotopic (exact) mass is 348 g/mol. The lowest BCUT2D eigenvalue weighted by Crippen LogP contribution is -2.05. The fourth-order valence-corrected chi connectivity index (χ4v) is 2.31. The Morgan fingerprint density at radius 1 is 0.870 bits per heavy atom. The first-order chi connectivity index (χ1) is 10.2. The second kappa shape index (κ2) is 9.89. The summed E-state index contributed by atoms with van der Waals surface area (Å²) in [6, 6.07) is 3.46. The van der Waals surface area contributed by atoms with E-state index >= 15 is 0 Å². The smallest absolute Gasteiger partial charge is 0.396 e. The molecule has 1 aromatic carbocycles. The van der Waals surface area contributed by atoms with E-state index in [1.54, 1.807) is 26.0 Å². The van der Waals surface area contributed by atoms with Gasteiger partial charge in [-0.3, -0.25) is 18.9 Å². The topological polar surface area (TPSA) is 149 Å². The van der Waals surface area contributed by atoms with Crippen LogP contribution < -0.4 is 0 Å². The lowest BCUT2D eigenvalue weighted by atomic mass is 10.0. The summed E-state index contributed by atoms with van der Waals surface area (Å²) in [7, 11) is -4.69. The molecule has 8 nitrogen and oxygen atoms in total. The minimum Gasteiger partial charge on any atom is -0.481 e. The predicted octanol–water partition coefficient (Wildman–Crippen LogP) is 2.11. The number of hydrogen-bond acceptors (Lipinski definition) is 4. The molecule has 0 amide bonds. The molecule has 0 aliphatic carbocycles. The highest BCUT2D eigenvalue weighted by molar-refractivity contribution is 7.70. The van der Waals surface area contributed by atoms with Gasteiger partial charge >= 0.3 is 7.60 Å². The number of aliphatic carboxylic acids is 2. The van der Waals surface area contributed by atoms with Crippen LogP contribution in [-0.2, 0) is 14.2 Å². The number of benzene rings is 1. The van der Waals surface area contributed by atoms with E-state index in [1.165, 1.54) is 0 Å². The summed E-state index contributed by atoms with van der Waals surface area (Å²) in [6.07, 6.45) is 0. The summed E-state index contributed by atoms with van der Waals surface area (Å²) in [6.45, 7) is 7.37. The van der Waals surface area contributed by atoms with Crippen LogP contribution >= 0.6 is 7.60 Å². The van der Waals surface area contributed by atoms with Gasteiger partial charge in [0.25, 0.3) is 17.5 Å². The molecule has 1 rings (SSSR count). The molecule has 1 aromatic rings. The van der Waals surface area contributed by atoms with Gasteiger partial charge in [0.15, 0.2) is 0 Å². The normalized spacial score (nSPS) is 9.70. The van der Waals surface area contributed by atoms with Crippen molar-refractivity contribution < 1.29 is 38.9 Å². The number of carbonyl (C=O) groups excluding carboxylic acids is 1. The highest BCUT2D eigenvalue weighted by atomic mass is 31.2. The van der Waals surface area contributed by atoms with E-state index in [4.69, 9.17) is 29.6 Å². The second-order valence-electron chi connectivity index (χ2n) is 4.66. The fraction of sp³-hybridized carbons (Fsp3) is 0.357. The predicted molar refractivity (Wildman–Crippen MR) is 83.6 cm³/mol. The molecule has 0 unspecified atom stereocenters. The molecule has 0 aromatic heterocycles. The van der Waals surface area contributed by atoms with E-state index in [0.717, 1.165) is 19.4 Å². The van der Waals surface area contributed by atoms with Crippen molar-refractivity contribution >= 4 is 25.1 Å². The first kappa shape index (κ1) is 23.2. The quantitative estimate of drug-likeness (QED) is 0.594. The van der Waals surface area contributed by atoms with Gasteiger partial charge in [-0.15, -0.1) is 0 Å². The molecule has 4 N–H and O–H groups in total. The molecular formula is C14H21O8P. The second-order valence-corrected chi connectivity index (χ2v) is 6.16. The van der Waals surface area contributed by atoms with Gasteiger partial charge in [0.1, 0.15) is 0 Å².